The van der Waals surface area contributed by atoms with Crippen molar-refractivity contribution < 1.29 is 4.79 Å². The zero-order valence-corrected chi connectivity index (χ0v) is 16.3. The van der Waals surface area contributed by atoms with Crippen molar-refractivity contribution in [3.05, 3.63) is 101 Å². The van der Waals surface area contributed by atoms with E-state index in [1.54, 1.807) is 0 Å². The number of carbonyl (C=O) groups excluding carboxylic acids is 1. The fourth-order valence-electron chi connectivity index (χ4n) is 3.61. The predicted molar refractivity (Wildman–Crippen MR) is 112 cm³/mol. The van der Waals surface area contributed by atoms with Gasteiger partial charge in [0.25, 0.3) is 5.91 Å². The minimum atomic E-state index is -0.644. The molecule has 0 bridgehead atoms. The van der Waals surface area contributed by atoms with E-state index in [4.69, 9.17) is 0 Å². The number of nitrogens with one attached hydrogen (secondary N) is 1. The van der Waals surface area contributed by atoms with Gasteiger partial charge in [-0.2, -0.15) is 0 Å². The van der Waals surface area contributed by atoms with Crippen LogP contribution in [0.2, 0.25) is 0 Å². The van der Waals surface area contributed by atoms with E-state index >= 15 is 0 Å². The molecule has 0 saturated heterocycles. The van der Waals surface area contributed by atoms with Gasteiger partial charge < -0.3 is 9.88 Å². The van der Waals surface area contributed by atoms with E-state index in [2.05, 4.69) is 10.3 Å². The Bertz CT molecular complexity index is 1090. The zero-order valence-electron chi connectivity index (χ0n) is 16.3. The first-order valence-corrected chi connectivity index (χ1v) is 9.36. The van der Waals surface area contributed by atoms with Crippen LogP contribution in [-0.2, 0) is 12.6 Å². The molecule has 4 heteroatoms. The number of benzene rings is 3. The van der Waals surface area contributed by atoms with Crippen LogP contribution >= 0.6 is 0 Å². The maximum absolute atomic E-state index is 13.2. The predicted octanol–water partition coefficient (Wildman–Crippen LogP) is 4.58. The van der Waals surface area contributed by atoms with Gasteiger partial charge in [-0.1, -0.05) is 60.7 Å². The van der Waals surface area contributed by atoms with Crippen LogP contribution in [0.25, 0.3) is 11.0 Å². The van der Waals surface area contributed by atoms with Crippen LogP contribution in [0, 0.1) is 6.92 Å². The Labute approximate surface area is 164 Å². The quantitative estimate of drug-likeness (QED) is 0.572. The van der Waals surface area contributed by atoms with Gasteiger partial charge in [0.2, 0.25) is 0 Å². The number of nitrogens with zero attached hydrogens (tertiary/aromatic N) is 2. The van der Waals surface area contributed by atoms with Crippen molar-refractivity contribution in [3.8, 4) is 0 Å². The minimum Gasteiger partial charge on any atom is -0.339 e. The number of imidazole rings is 1. The Balaban J connectivity index is 1.74. The highest BCUT2D eigenvalue weighted by molar-refractivity contribution is 5.98. The summed E-state index contributed by atoms with van der Waals surface area (Å²) in [5.41, 5.74) is 3.86. The normalized spacial score (nSPS) is 11.5. The molecular weight excluding hydrogens is 346 g/mol. The summed E-state index contributed by atoms with van der Waals surface area (Å²) >= 11 is 0. The van der Waals surface area contributed by atoms with Crippen molar-refractivity contribution in [1.29, 1.82) is 0 Å². The highest BCUT2D eigenvalue weighted by Crippen LogP contribution is 2.29. The lowest BCUT2D eigenvalue weighted by Crippen LogP contribution is -2.44. The van der Waals surface area contributed by atoms with Crippen molar-refractivity contribution in [2.24, 2.45) is 7.05 Å². The molecule has 0 radical (unpaired) electrons. The van der Waals surface area contributed by atoms with Crippen molar-refractivity contribution >= 4 is 16.9 Å². The second kappa shape index (κ2) is 6.97. The molecule has 0 saturated carbocycles. The summed E-state index contributed by atoms with van der Waals surface area (Å²) in [5, 5.41) is 3.25. The lowest BCUT2D eigenvalue weighted by Gasteiger charge is -2.32. The summed E-state index contributed by atoms with van der Waals surface area (Å²) in [7, 11) is 1.98. The molecule has 1 aromatic heterocycles. The molecule has 28 heavy (non-hydrogen) atoms. The van der Waals surface area contributed by atoms with Gasteiger partial charge in [-0.05, 0) is 43.2 Å². The van der Waals surface area contributed by atoms with Crippen LogP contribution in [0.4, 0.5) is 0 Å². The number of aromatic nitrogens is 2. The van der Waals surface area contributed by atoms with Gasteiger partial charge in [0, 0.05) is 12.6 Å². The van der Waals surface area contributed by atoms with E-state index in [9.17, 15) is 4.79 Å². The molecule has 0 spiro atoms. The standard InChI is InChI=1S/C24H23N3O/c1-17-25-21-16-18(14-15-22(21)27(17)3)23(28)26-24(2,19-10-6-4-7-11-19)20-12-8-5-9-13-20/h4-16H,1-3H3,(H,26,28). The molecule has 0 atom stereocenters. The monoisotopic (exact) mass is 369 g/mol. The lowest BCUT2D eigenvalue weighted by molar-refractivity contribution is 0.0919. The van der Waals surface area contributed by atoms with E-state index < -0.39 is 5.54 Å². The zero-order chi connectivity index (χ0) is 19.7. The van der Waals surface area contributed by atoms with Gasteiger partial charge in [-0.25, -0.2) is 4.98 Å². The number of hydrogen-bond donors (Lipinski definition) is 1. The molecule has 140 valence electrons. The molecule has 0 aliphatic carbocycles. The molecule has 4 rings (SSSR count). The molecule has 0 aliphatic heterocycles. The molecule has 3 aromatic carbocycles. The first-order valence-electron chi connectivity index (χ1n) is 9.36. The fourth-order valence-corrected chi connectivity index (χ4v) is 3.61. The Kier molecular flexibility index (Phi) is 4.47. The van der Waals surface area contributed by atoms with E-state index in [1.807, 2.05) is 104 Å². The fraction of sp³-hybridized carbons (Fsp3) is 0.167. The molecule has 1 amide bonds. The SMILES string of the molecule is Cc1nc2cc(C(=O)NC(C)(c3ccccc3)c3ccccc3)ccc2n1C. The Morgan fingerprint density at radius 2 is 1.50 bits per heavy atom. The van der Waals surface area contributed by atoms with Crippen LogP contribution in [0.3, 0.4) is 0 Å². The van der Waals surface area contributed by atoms with Crippen molar-refractivity contribution in [3.63, 3.8) is 0 Å². The lowest BCUT2D eigenvalue weighted by atomic mass is 9.84. The minimum absolute atomic E-state index is 0.125. The van der Waals surface area contributed by atoms with Crippen LogP contribution in [0.1, 0.15) is 34.2 Å². The van der Waals surface area contributed by atoms with Crippen molar-refractivity contribution in [1.82, 2.24) is 14.9 Å². The number of carbonyl (C=O) groups is 1. The van der Waals surface area contributed by atoms with Gasteiger partial charge >= 0.3 is 0 Å². The Morgan fingerprint density at radius 3 is 2.07 bits per heavy atom. The third kappa shape index (κ3) is 3.07. The Morgan fingerprint density at radius 1 is 0.929 bits per heavy atom. The smallest absolute Gasteiger partial charge is 0.252 e. The summed E-state index contributed by atoms with van der Waals surface area (Å²) in [4.78, 5) is 17.7. The Hall–Kier alpha value is -3.40. The van der Waals surface area contributed by atoms with E-state index in [1.165, 1.54) is 0 Å². The average molecular weight is 369 g/mol. The third-order valence-electron chi connectivity index (χ3n) is 5.43. The second-order valence-electron chi connectivity index (χ2n) is 7.23. The number of aryl methyl sites for hydroxylation is 2. The highest BCUT2D eigenvalue weighted by Gasteiger charge is 2.31. The van der Waals surface area contributed by atoms with Gasteiger partial charge in [-0.15, -0.1) is 0 Å². The maximum atomic E-state index is 13.2. The van der Waals surface area contributed by atoms with Crippen LogP contribution in [0.5, 0.6) is 0 Å². The molecule has 1 N–H and O–H groups in total. The number of fused-ring (bicyclic) bond motifs is 1. The topological polar surface area (TPSA) is 46.9 Å². The molecule has 4 aromatic rings. The van der Waals surface area contributed by atoms with Crippen LogP contribution in [0.15, 0.2) is 78.9 Å². The summed E-state index contributed by atoms with van der Waals surface area (Å²) in [6.45, 7) is 4.00. The van der Waals surface area contributed by atoms with Gasteiger partial charge in [0.05, 0.1) is 16.6 Å². The number of rotatable bonds is 4. The first kappa shape index (κ1) is 18.0. The third-order valence-corrected chi connectivity index (χ3v) is 5.43. The average Bonchev–Trinajstić information content (AvgIpc) is 3.02. The molecule has 1 heterocycles. The number of amides is 1. The van der Waals surface area contributed by atoms with E-state index in [0.29, 0.717) is 5.56 Å². The highest BCUT2D eigenvalue weighted by atomic mass is 16.1. The molecule has 4 nitrogen and oxygen atoms in total. The largest absolute Gasteiger partial charge is 0.339 e. The van der Waals surface area contributed by atoms with Crippen molar-refractivity contribution in [2.75, 3.05) is 0 Å². The second-order valence-corrected chi connectivity index (χ2v) is 7.23. The van der Waals surface area contributed by atoms with Gasteiger partial charge in [0.15, 0.2) is 0 Å². The molecule has 0 fully saturated rings. The maximum Gasteiger partial charge on any atom is 0.252 e. The van der Waals surface area contributed by atoms with Gasteiger partial charge in [0.1, 0.15) is 5.82 Å². The first-order chi connectivity index (χ1) is 13.5. The summed E-state index contributed by atoms with van der Waals surface area (Å²) < 4.78 is 2.02. The molecule has 0 unspecified atom stereocenters. The van der Waals surface area contributed by atoms with Crippen LogP contribution < -0.4 is 5.32 Å². The number of hydrogen-bond acceptors (Lipinski definition) is 2. The molecular formula is C24H23N3O. The van der Waals surface area contributed by atoms with Crippen LogP contribution in [-0.4, -0.2) is 15.5 Å². The van der Waals surface area contributed by atoms with E-state index in [-0.39, 0.29) is 5.91 Å². The summed E-state index contributed by atoms with van der Waals surface area (Å²) in [6, 6.07) is 25.7. The summed E-state index contributed by atoms with van der Waals surface area (Å²) in [6.07, 6.45) is 0. The van der Waals surface area contributed by atoms with Gasteiger partial charge in [-0.3, -0.25) is 4.79 Å². The van der Waals surface area contributed by atoms with E-state index in [0.717, 1.165) is 28.0 Å². The summed E-state index contributed by atoms with van der Waals surface area (Å²) in [5.74, 6) is 0.798. The molecule has 0 aliphatic rings. The van der Waals surface area contributed by atoms with Crippen molar-refractivity contribution in [2.45, 2.75) is 19.4 Å².